The van der Waals surface area contributed by atoms with E-state index in [4.69, 9.17) is 11.6 Å². The van der Waals surface area contributed by atoms with Gasteiger partial charge in [0.2, 0.25) is 5.91 Å². The normalized spacial score (nSPS) is 10.7. The number of thioether (sulfide) groups is 1. The first kappa shape index (κ1) is 19.0. The smallest absolute Gasteiger partial charge is 0.262 e. The lowest BCUT2D eigenvalue weighted by Gasteiger charge is -2.05. The minimum Gasteiger partial charge on any atom is -0.272 e. The molecular weight excluding hydrogens is 370 g/mol. The first-order valence-electron chi connectivity index (χ1n) is 7.05. The van der Waals surface area contributed by atoms with Crippen LogP contribution >= 0.6 is 23.4 Å². The van der Waals surface area contributed by atoms with Crippen LogP contribution in [0.15, 0.2) is 53.4 Å². The van der Waals surface area contributed by atoms with Crippen molar-refractivity contribution in [2.45, 2.75) is 4.90 Å². The fraction of sp³-hybridized carbons (Fsp3) is 0.0588. The lowest BCUT2D eigenvalue weighted by atomic mass is 10.2. The second-order valence-electron chi connectivity index (χ2n) is 4.75. The van der Waals surface area contributed by atoms with Crippen LogP contribution in [0.4, 0.5) is 8.78 Å². The lowest BCUT2D eigenvalue weighted by molar-refractivity contribution is -0.125. The van der Waals surface area contributed by atoms with Crippen molar-refractivity contribution in [2.24, 2.45) is 0 Å². The van der Waals surface area contributed by atoms with Crippen LogP contribution in [-0.4, -0.2) is 17.6 Å². The first-order chi connectivity index (χ1) is 12.0. The molecule has 8 heteroatoms. The Morgan fingerprint density at radius 2 is 1.68 bits per heavy atom. The van der Waals surface area contributed by atoms with Gasteiger partial charge in [-0.3, -0.25) is 20.4 Å². The summed E-state index contributed by atoms with van der Waals surface area (Å²) in [6.45, 7) is 0. The van der Waals surface area contributed by atoms with Crippen LogP contribution < -0.4 is 10.9 Å². The van der Waals surface area contributed by atoms with Crippen LogP contribution in [0.1, 0.15) is 5.56 Å². The number of carbonyl (C=O) groups is 2. The van der Waals surface area contributed by atoms with E-state index in [-0.39, 0.29) is 11.3 Å². The highest BCUT2D eigenvalue weighted by molar-refractivity contribution is 8.00. The van der Waals surface area contributed by atoms with Gasteiger partial charge in [-0.15, -0.1) is 11.8 Å². The maximum atomic E-state index is 13.4. The minimum absolute atomic E-state index is 0.0770. The van der Waals surface area contributed by atoms with Crippen LogP contribution in [0.5, 0.6) is 0 Å². The summed E-state index contributed by atoms with van der Waals surface area (Å²) in [5.41, 5.74) is 4.01. The molecule has 0 bridgehead atoms. The largest absolute Gasteiger partial charge is 0.272 e. The van der Waals surface area contributed by atoms with E-state index < -0.39 is 23.4 Å². The maximum absolute atomic E-state index is 13.4. The van der Waals surface area contributed by atoms with Crippen LogP contribution in [0, 0.1) is 11.6 Å². The van der Waals surface area contributed by atoms with Crippen molar-refractivity contribution in [3.05, 3.63) is 70.8 Å². The lowest BCUT2D eigenvalue weighted by Crippen LogP contribution is -2.41. The minimum atomic E-state index is -0.785. The Balaban J connectivity index is 1.78. The molecule has 0 heterocycles. The summed E-state index contributed by atoms with van der Waals surface area (Å²) in [6.07, 6.45) is 1.92. The fourth-order valence-corrected chi connectivity index (χ4v) is 2.54. The molecule has 130 valence electrons. The molecule has 0 saturated carbocycles. The predicted octanol–water partition coefficient (Wildman–Crippen LogP) is 3.57. The third-order valence-corrected chi connectivity index (χ3v) is 4.17. The van der Waals surface area contributed by atoms with Crippen molar-refractivity contribution in [2.75, 3.05) is 5.75 Å². The van der Waals surface area contributed by atoms with E-state index in [1.165, 1.54) is 17.8 Å². The topological polar surface area (TPSA) is 58.2 Å². The van der Waals surface area contributed by atoms with Gasteiger partial charge in [-0.2, -0.15) is 0 Å². The summed E-state index contributed by atoms with van der Waals surface area (Å²) in [5, 5.41) is 0.596. The molecule has 2 N–H and O–H groups in total. The van der Waals surface area contributed by atoms with Gasteiger partial charge in [0.1, 0.15) is 11.6 Å². The molecule has 0 radical (unpaired) electrons. The summed E-state index contributed by atoms with van der Waals surface area (Å²) in [4.78, 5) is 24.1. The Morgan fingerprint density at radius 1 is 1.04 bits per heavy atom. The molecule has 0 aliphatic rings. The SMILES string of the molecule is O=C(/C=C/c1c(F)cccc1F)NNC(=O)CSc1ccc(Cl)cc1. The molecule has 2 aromatic rings. The van der Waals surface area contributed by atoms with Gasteiger partial charge in [0, 0.05) is 21.6 Å². The molecule has 2 aromatic carbocycles. The molecule has 0 fully saturated rings. The van der Waals surface area contributed by atoms with Crippen LogP contribution in [0.3, 0.4) is 0 Å². The van der Waals surface area contributed by atoms with Gasteiger partial charge >= 0.3 is 0 Å². The van der Waals surface area contributed by atoms with Gasteiger partial charge in [-0.1, -0.05) is 17.7 Å². The fourth-order valence-electron chi connectivity index (χ4n) is 1.72. The van der Waals surface area contributed by atoms with Crippen molar-refractivity contribution < 1.29 is 18.4 Å². The number of benzene rings is 2. The molecule has 0 atom stereocenters. The second-order valence-corrected chi connectivity index (χ2v) is 6.23. The maximum Gasteiger partial charge on any atom is 0.262 e. The van der Waals surface area contributed by atoms with Crippen LogP contribution in [0.25, 0.3) is 6.08 Å². The van der Waals surface area contributed by atoms with Gasteiger partial charge in [-0.25, -0.2) is 8.78 Å². The molecule has 0 saturated heterocycles. The third-order valence-electron chi connectivity index (χ3n) is 2.91. The van der Waals surface area contributed by atoms with E-state index in [1.807, 2.05) is 0 Å². The van der Waals surface area contributed by atoms with Gasteiger partial charge in [-0.05, 0) is 42.5 Å². The molecule has 25 heavy (non-hydrogen) atoms. The number of rotatable bonds is 5. The van der Waals surface area contributed by atoms with Crippen molar-refractivity contribution >= 4 is 41.3 Å². The zero-order chi connectivity index (χ0) is 18.2. The van der Waals surface area contributed by atoms with Gasteiger partial charge in [0.25, 0.3) is 5.91 Å². The number of hydrazine groups is 1. The molecule has 0 aliphatic heterocycles. The number of carbonyl (C=O) groups excluding carboxylic acids is 2. The standard InChI is InChI=1S/C17H13ClF2N2O2S/c18-11-4-6-12(7-5-11)25-10-17(24)22-21-16(23)9-8-13-14(19)2-1-3-15(13)20/h1-9H,10H2,(H,21,23)(H,22,24)/b9-8+. The average Bonchev–Trinajstić information content (AvgIpc) is 2.59. The average molecular weight is 383 g/mol. The highest BCUT2D eigenvalue weighted by Crippen LogP contribution is 2.19. The van der Waals surface area contributed by atoms with E-state index in [1.54, 1.807) is 24.3 Å². The van der Waals surface area contributed by atoms with Crippen LogP contribution in [-0.2, 0) is 9.59 Å². The summed E-state index contributed by atoms with van der Waals surface area (Å²) in [7, 11) is 0. The number of nitrogens with one attached hydrogen (secondary N) is 2. The second kappa shape index (κ2) is 9.19. The predicted molar refractivity (Wildman–Crippen MR) is 93.9 cm³/mol. The van der Waals surface area contributed by atoms with Gasteiger partial charge in [0.05, 0.1) is 5.75 Å². The van der Waals surface area contributed by atoms with E-state index >= 15 is 0 Å². The van der Waals surface area contributed by atoms with Gasteiger partial charge < -0.3 is 0 Å². The van der Waals surface area contributed by atoms with Crippen molar-refractivity contribution in [1.29, 1.82) is 0 Å². The summed E-state index contributed by atoms with van der Waals surface area (Å²) >= 11 is 7.03. The van der Waals surface area contributed by atoms with Crippen LogP contribution in [0.2, 0.25) is 5.02 Å². The van der Waals surface area contributed by atoms with Crippen molar-refractivity contribution in [1.82, 2.24) is 10.9 Å². The number of amides is 2. The molecule has 4 nitrogen and oxygen atoms in total. The van der Waals surface area contributed by atoms with Gasteiger partial charge in [0.15, 0.2) is 0 Å². The Kier molecular flexibility index (Phi) is 6.97. The number of hydrogen-bond donors (Lipinski definition) is 2. The zero-order valence-electron chi connectivity index (χ0n) is 12.8. The first-order valence-corrected chi connectivity index (χ1v) is 8.41. The third kappa shape index (κ3) is 6.21. The van der Waals surface area contributed by atoms with E-state index in [0.29, 0.717) is 5.02 Å². The van der Waals surface area contributed by atoms with E-state index in [2.05, 4.69) is 10.9 Å². The number of halogens is 3. The quantitative estimate of drug-likeness (QED) is 0.472. The highest BCUT2D eigenvalue weighted by Gasteiger charge is 2.06. The molecule has 0 aromatic heterocycles. The van der Waals surface area contributed by atoms with Crippen molar-refractivity contribution in [3.8, 4) is 0 Å². The highest BCUT2D eigenvalue weighted by atomic mass is 35.5. The Labute approximate surface area is 152 Å². The molecular formula is C17H13ClF2N2O2S. The Morgan fingerprint density at radius 3 is 2.32 bits per heavy atom. The molecule has 2 amide bonds. The number of hydrogen-bond acceptors (Lipinski definition) is 3. The van der Waals surface area contributed by atoms with E-state index in [0.717, 1.165) is 29.2 Å². The summed E-state index contributed by atoms with van der Waals surface area (Å²) in [6, 6.07) is 10.3. The van der Waals surface area contributed by atoms with Crippen molar-refractivity contribution in [3.63, 3.8) is 0 Å². The Bertz CT molecular complexity index is 777. The monoisotopic (exact) mass is 382 g/mol. The zero-order valence-corrected chi connectivity index (χ0v) is 14.3. The molecule has 0 spiro atoms. The Hall–Kier alpha value is -2.38. The molecule has 2 rings (SSSR count). The molecule has 0 unspecified atom stereocenters. The summed E-state index contributed by atoms with van der Waals surface area (Å²) in [5.74, 6) is -2.64. The summed E-state index contributed by atoms with van der Waals surface area (Å²) < 4.78 is 26.8. The molecule has 0 aliphatic carbocycles. The van der Waals surface area contributed by atoms with E-state index in [9.17, 15) is 18.4 Å².